The number of fused-ring (bicyclic) bond motifs is 1. The minimum absolute atomic E-state index is 0.541. The monoisotopic (exact) mass is 153 g/mol. The molecule has 0 spiro atoms. The van der Waals surface area contributed by atoms with Crippen LogP contribution >= 0.6 is 0 Å². The van der Waals surface area contributed by atoms with Crippen LogP contribution in [0.5, 0.6) is 0 Å². The molecule has 3 fully saturated rings. The van der Waals surface area contributed by atoms with Crippen LogP contribution in [0.4, 0.5) is 0 Å². The van der Waals surface area contributed by atoms with Gasteiger partial charge in [0.1, 0.15) is 0 Å². The van der Waals surface area contributed by atoms with E-state index in [1.165, 1.54) is 19.4 Å². The number of hydrogen-bond donors (Lipinski definition) is 1. The van der Waals surface area contributed by atoms with Crippen LogP contribution in [0.3, 0.4) is 0 Å². The average molecular weight is 153 g/mol. The van der Waals surface area contributed by atoms with E-state index in [4.69, 9.17) is 4.74 Å². The van der Waals surface area contributed by atoms with Gasteiger partial charge in [-0.15, -0.1) is 0 Å². The summed E-state index contributed by atoms with van der Waals surface area (Å²) in [5, 5.41) is 3.59. The van der Waals surface area contributed by atoms with Crippen LogP contribution in [-0.2, 0) is 4.74 Å². The van der Waals surface area contributed by atoms with Gasteiger partial charge < -0.3 is 10.1 Å². The first-order chi connectivity index (χ1) is 5.40. The van der Waals surface area contributed by atoms with Gasteiger partial charge in [-0.2, -0.15) is 0 Å². The van der Waals surface area contributed by atoms with E-state index >= 15 is 0 Å². The van der Waals surface area contributed by atoms with Crippen LogP contribution in [0.1, 0.15) is 12.8 Å². The predicted octanol–water partition coefficient (Wildman–Crippen LogP) is 0.629. The maximum absolute atomic E-state index is 5.51. The van der Waals surface area contributed by atoms with Crippen molar-refractivity contribution in [3.05, 3.63) is 0 Å². The molecule has 0 aromatic rings. The summed E-state index contributed by atoms with van der Waals surface area (Å²) in [7, 11) is 1.86. The van der Waals surface area contributed by atoms with E-state index in [0.29, 0.717) is 12.1 Å². The van der Waals surface area contributed by atoms with Crippen molar-refractivity contribution in [1.29, 1.82) is 0 Å². The van der Waals surface area contributed by atoms with Gasteiger partial charge in [0.2, 0.25) is 0 Å². The van der Waals surface area contributed by atoms with E-state index in [1.807, 2.05) is 7.11 Å². The minimum Gasteiger partial charge on any atom is -0.380 e. The summed E-state index contributed by atoms with van der Waals surface area (Å²) >= 11 is 0. The van der Waals surface area contributed by atoms with E-state index in [0.717, 1.165) is 17.8 Å². The molecule has 3 aliphatic rings. The van der Waals surface area contributed by atoms with Gasteiger partial charge in [-0.3, -0.25) is 0 Å². The molecule has 2 heteroatoms. The molecule has 62 valence electrons. The Bertz CT molecular complexity index is 180. The van der Waals surface area contributed by atoms with E-state index in [2.05, 4.69) is 5.32 Å². The first-order valence-electron chi connectivity index (χ1n) is 4.66. The summed E-state index contributed by atoms with van der Waals surface area (Å²) in [5.41, 5.74) is 0. The third kappa shape index (κ3) is 0.651. The lowest BCUT2D eigenvalue weighted by Gasteiger charge is -2.26. The molecule has 2 saturated carbocycles. The molecule has 0 aromatic carbocycles. The molecule has 0 amide bonds. The topological polar surface area (TPSA) is 21.3 Å². The molecule has 0 radical (unpaired) electrons. The van der Waals surface area contributed by atoms with Gasteiger partial charge in [0.15, 0.2) is 0 Å². The second kappa shape index (κ2) is 1.99. The molecule has 2 nitrogen and oxygen atoms in total. The molecule has 3 rings (SSSR count). The second-order valence-electron chi connectivity index (χ2n) is 4.29. The fourth-order valence-corrected chi connectivity index (χ4v) is 3.58. The molecule has 1 aliphatic heterocycles. The van der Waals surface area contributed by atoms with Gasteiger partial charge >= 0.3 is 0 Å². The summed E-state index contributed by atoms with van der Waals surface area (Å²) in [6, 6.07) is 0.712. The van der Waals surface area contributed by atoms with Gasteiger partial charge in [0, 0.05) is 13.2 Å². The summed E-state index contributed by atoms with van der Waals surface area (Å²) in [6.07, 6.45) is 3.40. The molecule has 11 heavy (non-hydrogen) atoms. The van der Waals surface area contributed by atoms with Gasteiger partial charge in [0.05, 0.1) is 6.10 Å². The van der Waals surface area contributed by atoms with Crippen molar-refractivity contribution in [1.82, 2.24) is 5.32 Å². The van der Waals surface area contributed by atoms with Crippen LogP contribution < -0.4 is 5.32 Å². The molecule has 2 aliphatic carbocycles. The van der Waals surface area contributed by atoms with Crippen LogP contribution in [-0.4, -0.2) is 25.8 Å². The van der Waals surface area contributed by atoms with Gasteiger partial charge in [-0.05, 0) is 37.1 Å². The third-order valence-corrected chi connectivity index (χ3v) is 3.95. The lowest BCUT2D eigenvalue weighted by molar-refractivity contribution is 0.0401. The van der Waals surface area contributed by atoms with Crippen molar-refractivity contribution in [2.75, 3.05) is 13.7 Å². The molecular weight excluding hydrogens is 138 g/mol. The minimum atomic E-state index is 0.541. The number of rotatable bonds is 1. The molecule has 5 atom stereocenters. The van der Waals surface area contributed by atoms with E-state index in [-0.39, 0.29) is 0 Å². The predicted molar refractivity (Wildman–Crippen MR) is 42.3 cm³/mol. The van der Waals surface area contributed by atoms with E-state index in [9.17, 15) is 0 Å². The number of nitrogens with one attached hydrogen (secondary N) is 1. The maximum atomic E-state index is 5.51. The summed E-state index contributed by atoms with van der Waals surface area (Å²) in [4.78, 5) is 0. The Hall–Kier alpha value is -0.0800. The summed E-state index contributed by atoms with van der Waals surface area (Å²) < 4.78 is 5.51. The number of hydrogen-bond acceptors (Lipinski definition) is 2. The highest BCUT2D eigenvalue weighted by Gasteiger charge is 2.56. The van der Waals surface area contributed by atoms with Crippen LogP contribution in [0, 0.1) is 17.8 Å². The van der Waals surface area contributed by atoms with Crippen molar-refractivity contribution < 1.29 is 4.74 Å². The highest BCUT2D eigenvalue weighted by atomic mass is 16.5. The first-order valence-corrected chi connectivity index (χ1v) is 4.66. The highest BCUT2D eigenvalue weighted by Crippen LogP contribution is 2.52. The molecule has 1 heterocycles. The quantitative estimate of drug-likeness (QED) is 0.596. The molecular formula is C9H15NO. The normalized spacial score (nSPS) is 59.2. The van der Waals surface area contributed by atoms with Crippen molar-refractivity contribution >= 4 is 0 Å². The Morgan fingerprint density at radius 2 is 2.18 bits per heavy atom. The molecule has 0 aromatic heterocycles. The zero-order valence-electron chi connectivity index (χ0n) is 6.92. The van der Waals surface area contributed by atoms with Crippen LogP contribution in [0.25, 0.3) is 0 Å². The summed E-state index contributed by atoms with van der Waals surface area (Å²) in [6.45, 7) is 1.26. The van der Waals surface area contributed by atoms with Crippen molar-refractivity contribution in [2.45, 2.75) is 25.0 Å². The van der Waals surface area contributed by atoms with E-state index in [1.54, 1.807) is 0 Å². The molecule has 1 N–H and O–H groups in total. The van der Waals surface area contributed by atoms with Crippen molar-refractivity contribution in [3.8, 4) is 0 Å². The van der Waals surface area contributed by atoms with Crippen LogP contribution in [0.15, 0.2) is 0 Å². The van der Waals surface area contributed by atoms with Crippen molar-refractivity contribution in [3.63, 3.8) is 0 Å². The Kier molecular flexibility index (Phi) is 1.16. The molecule has 0 unspecified atom stereocenters. The first kappa shape index (κ1) is 6.44. The Morgan fingerprint density at radius 3 is 3.00 bits per heavy atom. The molecule has 1 saturated heterocycles. The Labute approximate surface area is 67.3 Å². The Balaban J connectivity index is 1.92. The number of ether oxygens (including phenoxy) is 1. The van der Waals surface area contributed by atoms with Crippen molar-refractivity contribution in [2.24, 2.45) is 17.8 Å². The van der Waals surface area contributed by atoms with E-state index < -0.39 is 0 Å². The maximum Gasteiger partial charge on any atom is 0.0755 e. The zero-order valence-corrected chi connectivity index (χ0v) is 6.92. The average Bonchev–Trinajstić information content (AvgIpc) is 2.55. The smallest absolute Gasteiger partial charge is 0.0755 e. The molecule has 2 bridgehead atoms. The zero-order chi connectivity index (χ0) is 7.42. The second-order valence-corrected chi connectivity index (χ2v) is 4.29. The van der Waals surface area contributed by atoms with Crippen LogP contribution in [0.2, 0.25) is 0 Å². The fraction of sp³-hybridized carbons (Fsp3) is 1.00. The summed E-state index contributed by atoms with van der Waals surface area (Å²) in [5.74, 6) is 2.84. The fourth-order valence-electron chi connectivity index (χ4n) is 3.58. The standard InChI is InChI=1S/C9H15NO/c1-11-9-5-2-6-4-10-8(9)7(6)3-5/h5-10H,2-4H2,1H3/t5-,6-,7-,8+,9+/m0/s1. The third-order valence-electron chi connectivity index (χ3n) is 3.95. The Morgan fingerprint density at radius 1 is 1.27 bits per heavy atom. The number of methoxy groups -OCH3 is 1. The van der Waals surface area contributed by atoms with Gasteiger partial charge in [-0.25, -0.2) is 0 Å². The highest BCUT2D eigenvalue weighted by molar-refractivity contribution is 5.09. The lowest BCUT2D eigenvalue weighted by atomic mass is 9.88. The van der Waals surface area contributed by atoms with Gasteiger partial charge in [0.25, 0.3) is 0 Å². The SMILES string of the molecule is CO[C@@H]1[C@H]2C[C@H]3CN[C@@H]1[C@H]3C2. The largest absolute Gasteiger partial charge is 0.380 e. The lowest BCUT2D eigenvalue weighted by Crippen LogP contribution is -2.38. The van der Waals surface area contributed by atoms with Gasteiger partial charge in [-0.1, -0.05) is 0 Å².